The van der Waals surface area contributed by atoms with Gasteiger partial charge >= 0.3 is 18.1 Å². The van der Waals surface area contributed by atoms with E-state index in [0.717, 1.165) is 37.9 Å². The summed E-state index contributed by atoms with van der Waals surface area (Å²) < 4.78 is 60.1. The molecule has 0 bridgehead atoms. The highest BCUT2D eigenvalue weighted by atomic mass is 32.2. The molecule has 0 unspecified atom stereocenters. The van der Waals surface area contributed by atoms with Gasteiger partial charge in [-0.05, 0) is 87.0 Å². The molecular weight excluding hydrogens is 575 g/mol. The summed E-state index contributed by atoms with van der Waals surface area (Å²) in [4.78, 5) is 25.8. The monoisotopic (exact) mass is 613 g/mol. The fourth-order valence-electron chi connectivity index (χ4n) is 5.29. The van der Waals surface area contributed by atoms with E-state index >= 15 is 0 Å². The minimum absolute atomic E-state index is 0.119. The summed E-state index contributed by atoms with van der Waals surface area (Å²) in [6, 6.07) is 12.2. The van der Waals surface area contributed by atoms with Gasteiger partial charge in [-0.1, -0.05) is 32.4 Å². The molecule has 2 aromatic rings. The number of carboxylic acids is 2. The van der Waals surface area contributed by atoms with Crippen molar-refractivity contribution in [2.45, 2.75) is 69.5 Å². The molecule has 2 aliphatic heterocycles. The van der Waals surface area contributed by atoms with Crippen molar-refractivity contribution < 1.29 is 41.4 Å². The van der Waals surface area contributed by atoms with Gasteiger partial charge in [0.15, 0.2) is 0 Å². The Morgan fingerprint density at radius 2 is 1.52 bits per heavy atom. The van der Waals surface area contributed by atoms with E-state index in [1.807, 2.05) is 12.1 Å². The molecule has 3 N–H and O–H groups in total. The molecule has 0 saturated carbocycles. The lowest BCUT2D eigenvalue weighted by atomic mass is 9.98. The van der Waals surface area contributed by atoms with Gasteiger partial charge in [0.05, 0.1) is 16.1 Å². The van der Waals surface area contributed by atoms with Crippen LogP contribution in [0.4, 0.5) is 24.5 Å². The number of carboxylic acid groups (broad SMARTS) is 2. The largest absolute Gasteiger partial charge is 0.490 e. The molecule has 0 aromatic heterocycles. The second-order valence-corrected chi connectivity index (χ2v) is 12.7. The number of sulfonamides is 1. The van der Waals surface area contributed by atoms with Gasteiger partial charge in [0.2, 0.25) is 0 Å². The van der Waals surface area contributed by atoms with Crippen molar-refractivity contribution in [1.29, 1.82) is 0 Å². The first-order valence-corrected chi connectivity index (χ1v) is 15.4. The van der Waals surface area contributed by atoms with Gasteiger partial charge in [-0.3, -0.25) is 4.72 Å². The Morgan fingerprint density at radius 3 is 2.02 bits per heavy atom. The number of aliphatic carboxylic acids is 1. The van der Waals surface area contributed by atoms with Crippen LogP contribution in [0, 0.1) is 5.92 Å². The minimum atomic E-state index is -5.08. The van der Waals surface area contributed by atoms with E-state index < -0.39 is 28.1 Å². The van der Waals surface area contributed by atoms with Crippen LogP contribution in [-0.2, 0) is 21.2 Å². The number of likely N-dealkylation sites (tertiary alicyclic amines) is 1. The van der Waals surface area contributed by atoms with E-state index in [-0.39, 0.29) is 16.1 Å². The number of alkyl halides is 3. The highest BCUT2D eigenvalue weighted by molar-refractivity contribution is 7.92. The first-order chi connectivity index (χ1) is 19.7. The number of rotatable bonds is 8. The molecule has 2 fully saturated rings. The summed E-state index contributed by atoms with van der Waals surface area (Å²) in [6.45, 7) is 8.17. The number of halogens is 3. The van der Waals surface area contributed by atoms with Crippen LogP contribution in [0.2, 0.25) is 0 Å². The average molecular weight is 614 g/mol. The van der Waals surface area contributed by atoms with Crippen LogP contribution in [0.5, 0.6) is 0 Å². The molecule has 0 aliphatic carbocycles. The average Bonchev–Trinajstić information content (AvgIpc) is 2.93. The quantitative estimate of drug-likeness (QED) is 0.358. The molecule has 0 amide bonds. The Bertz CT molecular complexity index is 1320. The number of piperidine rings is 2. The van der Waals surface area contributed by atoms with E-state index in [4.69, 9.17) is 9.90 Å². The van der Waals surface area contributed by atoms with E-state index in [1.54, 1.807) is 24.3 Å². The summed E-state index contributed by atoms with van der Waals surface area (Å²) in [6.07, 6.45) is 1.68. The lowest BCUT2D eigenvalue weighted by molar-refractivity contribution is -0.192. The maximum absolute atomic E-state index is 12.9. The molecule has 2 saturated heterocycles. The molecule has 13 heteroatoms. The number of nitrogens with one attached hydrogen (secondary N) is 1. The smallest absolute Gasteiger partial charge is 0.478 e. The van der Waals surface area contributed by atoms with Crippen molar-refractivity contribution in [3.63, 3.8) is 0 Å². The predicted molar refractivity (Wildman–Crippen MR) is 154 cm³/mol. The molecule has 0 spiro atoms. The van der Waals surface area contributed by atoms with Gasteiger partial charge in [0.25, 0.3) is 10.0 Å². The van der Waals surface area contributed by atoms with Crippen molar-refractivity contribution >= 4 is 33.3 Å². The molecule has 0 atom stereocenters. The molecule has 2 aromatic carbocycles. The van der Waals surface area contributed by atoms with E-state index in [0.29, 0.717) is 17.6 Å². The Morgan fingerprint density at radius 1 is 0.952 bits per heavy atom. The standard InChI is InChI=1S/C27H37N3O4S.C2HF3O2/c1-20(2)18-21-6-9-24(10-7-21)35(33,34)28-22-8-11-26(25(19-22)27(31)32)30-16-12-23(13-17-30)29-14-4-3-5-15-29;3-2(4,5)1(6)7/h6-11,19-20,23,28H,3-5,12-18H2,1-2H3,(H,31,32);(H,6,7). The maximum atomic E-state index is 12.9. The van der Waals surface area contributed by atoms with E-state index in [2.05, 4.69) is 28.4 Å². The molecule has 232 valence electrons. The maximum Gasteiger partial charge on any atom is 0.490 e. The fraction of sp³-hybridized carbons (Fsp3) is 0.517. The topological polar surface area (TPSA) is 127 Å². The van der Waals surface area contributed by atoms with Gasteiger partial charge in [0, 0.05) is 24.8 Å². The van der Waals surface area contributed by atoms with Crippen LogP contribution in [0.3, 0.4) is 0 Å². The number of carbonyl (C=O) groups is 2. The lowest BCUT2D eigenvalue weighted by Crippen LogP contribution is -2.47. The number of aromatic carboxylic acids is 1. The van der Waals surface area contributed by atoms with Crippen LogP contribution < -0.4 is 9.62 Å². The third kappa shape index (κ3) is 9.35. The van der Waals surface area contributed by atoms with Crippen LogP contribution in [0.15, 0.2) is 47.4 Å². The van der Waals surface area contributed by atoms with E-state index in [9.17, 15) is 31.5 Å². The number of nitrogens with zero attached hydrogens (tertiary/aromatic N) is 2. The van der Waals surface area contributed by atoms with Crippen molar-refractivity contribution in [3.05, 3.63) is 53.6 Å². The van der Waals surface area contributed by atoms with Crippen molar-refractivity contribution in [1.82, 2.24) is 4.90 Å². The SMILES string of the molecule is CC(C)Cc1ccc(S(=O)(=O)Nc2ccc(N3CCC(N4CCCCC4)CC3)c(C(=O)O)c2)cc1.O=C(O)C(F)(F)F. The predicted octanol–water partition coefficient (Wildman–Crippen LogP) is 5.47. The molecule has 4 rings (SSSR count). The van der Waals surface area contributed by atoms with Gasteiger partial charge in [-0.2, -0.15) is 13.2 Å². The number of hydrogen-bond acceptors (Lipinski definition) is 6. The van der Waals surface area contributed by atoms with Gasteiger partial charge in [-0.15, -0.1) is 0 Å². The van der Waals surface area contributed by atoms with Crippen LogP contribution in [0.1, 0.15) is 61.9 Å². The van der Waals surface area contributed by atoms with E-state index in [1.165, 1.54) is 38.4 Å². The Labute approximate surface area is 244 Å². The normalized spacial score (nSPS) is 17.0. The third-order valence-electron chi connectivity index (χ3n) is 7.31. The Balaban J connectivity index is 0.000000616. The number of benzene rings is 2. The van der Waals surface area contributed by atoms with Crippen LogP contribution >= 0.6 is 0 Å². The summed E-state index contributed by atoms with van der Waals surface area (Å²) in [5, 5.41) is 17.0. The highest BCUT2D eigenvalue weighted by Crippen LogP contribution is 2.30. The van der Waals surface area contributed by atoms with Crippen molar-refractivity contribution in [3.8, 4) is 0 Å². The minimum Gasteiger partial charge on any atom is -0.478 e. The molecule has 0 radical (unpaired) electrons. The first-order valence-electron chi connectivity index (χ1n) is 14.0. The first kappa shape index (κ1) is 33.2. The van der Waals surface area contributed by atoms with Gasteiger partial charge in [0.1, 0.15) is 0 Å². The Kier molecular flexibility index (Phi) is 11.2. The van der Waals surface area contributed by atoms with Crippen LogP contribution in [-0.4, -0.2) is 73.9 Å². The van der Waals surface area contributed by atoms with Gasteiger partial charge < -0.3 is 20.0 Å². The summed E-state index contributed by atoms with van der Waals surface area (Å²) >= 11 is 0. The highest BCUT2D eigenvalue weighted by Gasteiger charge is 2.38. The summed E-state index contributed by atoms with van der Waals surface area (Å²) in [5.41, 5.74) is 2.10. The Hall–Kier alpha value is -3.32. The van der Waals surface area contributed by atoms with Gasteiger partial charge in [-0.25, -0.2) is 18.0 Å². The summed E-state index contributed by atoms with van der Waals surface area (Å²) in [7, 11) is -3.82. The zero-order valence-electron chi connectivity index (χ0n) is 23.7. The second kappa shape index (κ2) is 14.2. The third-order valence-corrected chi connectivity index (χ3v) is 8.71. The summed E-state index contributed by atoms with van der Waals surface area (Å²) in [5.74, 6) is -3.33. The molecule has 9 nitrogen and oxygen atoms in total. The lowest BCUT2D eigenvalue weighted by Gasteiger charge is -2.41. The molecule has 2 heterocycles. The number of anilines is 2. The zero-order valence-corrected chi connectivity index (χ0v) is 24.5. The van der Waals surface area contributed by atoms with Crippen LogP contribution in [0.25, 0.3) is 0 Å². The molecular formula is C29H38F3N3O6S. The van der Waals surface area contributed by atoms with Crippen molar-refractivity contribution in [2.75, 3.05) is 35.8 Å². The van der Waals surface area contributed by atoms with Crippen molar-refractivity contribution in [2.24, 2.45) is 5.92 Å². The second-order valence-electron chi connectivity index (χ2n) is 11.0. The molecule has 2 aliphatic rings. The number of hydrogen-bond donors (Lipinski definition) is 3. The molecule has 42 heavy (non-hydrogen) atoms. The zero-order chi connectivity index (χ0) is 31.1. The fourth-order valence-corrected chi connectivity index (χ4v) is 6.34.